The Labute approximate surface area is 142 Å². The number of hydrogen-bond donors (Lipinski definition) is 1. The Hall–Kier alpha value is -3.47. The lowest BCUT2D eigenvalue weighted by molar-refractivity contribution is -0.137. The van der Waals surface area contributed by atoms with Crippen LogP contribution in [0.2, 0.25) is 0 Å². The molecule has 0 amide bonds. The number of carboxylic acid groups (broad SMARTS) is 1. The van der Waals surface area contributed by atoms with Crippen LogP contribution >= 0.6 is 0 Å². The maximum absolute atomic E-state index is 12.5. The van der Waals surface area contributed by atoms with E-state index in [-0.39, 0.29) is 23.7 Å². The zero-order valence-electron chi connectivity index (χ0n) is 13.1. The van der Waals surface area contributed by atoms with Crippen molar-refractivity contribution in [2.75, 3.05) is 0 Å². The maximum Gasteiger partial charge on any atom is 0.323 e. The van der Waals surface area contributed by atoms with E-state index in [0.29, 0.717) is 16.7 Å². The van der Waals surface area contributed by atoms with Crippen LogP contribution in [-0.4, -0.2) is 27.2 Å². The molecule has 0 saturated heterocycles. The van der Waals surface area contributed by atoms with Crippen molar-refractivity contribution in [3.05, 3.63) is 77.0 Å². The predicted molar refractivity (Wildman–Crippen MR) is 92.7 cm³/mol. The number of carboxylic acids is 1. The third kappa shape index (κ3) is 2.37. The highest BCUT2D eigenvalue weighted by Gasteiger charge is 2.32. The van der Waals surface area contributed by atoms with Gasteiger partial charge in [-0.25, -0.2) is 0 Å². The number of rotatable bonds is 3. The highest BCUT2D eigenvalue weighted by Crippen LogP contribution is 2.30. The van der Waals surface area contributed by atoms with Gasteiger partial charge in [-0.1, -0.05) is 42.5 Å². The number of nitrogens with zero attached hydrogens (tertiary/aromatic N) is 1. The fourth-order valence-electron chi connectivity index (χ4n) is 3.23. The van der Waals surface area contributed by atoms with Crippen LogP contribution in [0, 0.1) is 0 Å². The molecule has 0 bridgehead atoms. The minimum Gasteiger partial charge on any atom is -0.480 e. The molecule has 122 valence electrons. The van der Waals surface area contributed by atoms with Crippen molar-refractivity contribution in [3.8, 4) is 0 Å². The summed E-state index contributed by atoms with van der Waals surface area (Å²) >= 11 is 0. The van der Waals surface area contributed by atoms with Gasteiger partial charge < -0.3 is 9.67 Å². The molecule has 2 aromatic carbocycles. The minimum absolute atomic E-state index is 0.111. The summed E-state index contributed by atoms with van der Waals surface area (Å²) in [7, 11) is 0. The summed E-state index contributed by atoms with van der Waals surface area (Å²) in [6.07, 6.45) is 3.22. The van der Waals surface area contributed by atoms with Gasteiger partial charge in [-0.2, -0.15) is 0 Å². The molecule has 5 heteroatoms. The quantitative estimate of drug-likeness (QED) is 0.591. The Morgan fingerprint density at radius 1 is 0.960 bits per heavy atom. The van der Waals surface area contributed by atoms with Crippen molar-refractivity contribution in [3.63, 3.8) is 0 Å². The average Bonchev–Trinajstić information content (AvgIpc) is 3.06. The van der Waals surface area contributed by atoms with Crippen molar-refractivity contribution in [2.45, 2.75) is 6.54 Å². The van der Waals surface area contributed by atoms with Crippen LogP contribution in [0.25, 0.3) is 17.0 Å². The molecule has 0 atom stereocenters. The number of fused-ring (bicyclic) bond motifs is 2. The molecule has 0 spiro atoms. The number of ketones is 2. The summed E-state index contributed by atoms with van der Waals surface area (Å²) < 4.78 is 1.60. The molecular weight excluding hydrogens is 318 g/mol. The fraction of sp³-hybridized carbons (Fsp3) is 0.0500. The molecule has 5 nitrogen and oxygen atoms in total. The molecule has 0 saturated carbocycles. The lowest BCUT2D eigenvalue weighted by Crippen LogP contribution is -2.07. The van der Waals surface area contributed by atoms with Crippen molar-refractivity contribution < 1.29 is 19.5 Å². The van der Waals surface area contributed by atoms with E-state index >= 15 is 0 Å². The maximum atomic E-state index is 12.5. The van der Waals surface area contributed by atoms with Crippen molar-refractivity contribution >= 4 is 34.5 Å². The van der Waals surface area contributed by atoms with Gasteiger partial charge in [0, 0.05) is 33.8 Å². The summed E-state index contributed by atoms with van der Waals surface area (Å²) in [5.41, 5.74) is 2.33. The van der Waals surface area contributed by atoms with Gasteiger partial charge in [0.25, 0.3) is 0 Å². The first-order chi connectivity index (χ1) is 12.1. The Morgan fingerprint density at radius 3 is 2.20 bits per heavy atom. The Balaban J connectivity index is 1.87. The molecule has 1 aliphatic carbocycles. The van der Waals surface area contributed by atoms with Crippen LogP contribution in [-0.2, 0) is 11.3 Å². The van der Waals surface area contributed by atoms with E-state index in [1.165, 1.54) is 0 Å². The number of para-hydroxylation sites is 1. The van der Waals surface area contributed by atoms with Crippen LogP contribution in [0.3, 0.4) is 0 Å². The van der Waals surface area contributed by atoms with Crippen molar-refractivity contribution in [2.24, 2.45) is 0 Å². The number of carbonyl (C=O) groups is 3. The van der Waals surface area contributed by atoms with Gasteiger partial charge in [0.2, 0.25) is 0 Å². The third-order valence-electron chi connectivity index (χ3n) is 4.33. The number of aromatic nitrogens is 1. The molecule has 25 heavy (non-hydrogen) atoms. The average molecular weight is 331 g/mol. The number of allylic oxidation sites excluding steroid dienone is 1. The van der Waals surface area contributed by atoms with Gasteiger partial charge in [0.1, 0.15) is 6.54 Å². The summed E-state index contributed by atoms with van der Waals surface area (Å²) in [4.78, 5) is 36.2. The van der Waals surface area contributed by atoms with Crippen LogP contribution < -0.4 is 0 Å². The number of Topliss-reactive ketones (excluding diaryl/α,β-unsaturated/α-hetero) is 2. The molecule has 1 aliphatic rings. The summed E-state index contributed by atoms with van der Waals surface area (Å²) in [5.74, 6) is -1.55. The molecule has 0 unspecified atom stereocenters. The van der Waals surface area contributed by atoms with Gasteiger partial charge in [-0.3, -0.25) is 14.4 Å². The lowest BCUT2D eigenvalue weighted by Gasteiger charge is -1.99. The second-order valence-electron chi connectivity index (χ2n) is 5.89. The monoisotopic (exact) mass is 331 g/mol. The Kier molecular flexibility index (Phi) is 3.35. The molecule has 1 N–H and O–H groups in total. The van der Waals surface area contributed by atoms with E-state index in [1.54, 1.807) is 41.1 Å². The lowest BCUT2D eigenvalue weighted by atomic mass is 10.1. The molecular formula is C20H13NO4. The van der Waals surface area contributed by atoms with Gasteiger partial charge in [-0.05, 0) is 12.1 Å². The first kappa shape index (κ1) is 15.1. The molecule has 3 aromatic rings. The number of carbonyl (C=O) groups excluding carboxylic acids is 2. The number of benzene rings is 2. The minimum atomic E-state index is -0.958. The normalized spacial score (nSPS) is 13.4. The summed E-state index contributed by atoms with van der Waals surface area (Å²) in [6.45, 7) is -0.189. The molecule has 1 aromatic heterocycles. The van der Waals surface area contributed by atoms with Crippen molar-refractivity contribution in [1.82, 2.24) is 4.57 Å². The molecule has 0 aliphatic heterocycles. The van der Waals surface area contributed by atoms with Crippen LogP contribution in [0.5, 0.6) is 0 Å². The molecule has 0 radical (unpaired) electrons. The largest absolute Gasteiger partial charge is 0.480 e. The van der Waals surface area contributed by atoms with Crippen molar-refractivity contribution in [1.29, 1.82) is 0 Å². The van der Waals surface area contributed by atoms with Gasteiger partial charge in [-0.15, -0.1) is 0 Å². The van der Waals surface area contributed by atoms with E-state index in [1.807, 2.05) is 24.3 Å². The molecule has 0 fully saturated rings. The zero-order valence-corrected chi connectivity index (χ0v) is 13.1. The van der Waals surface area contributed by atoms with E-state index in [4.69, 9.17) is 5.11 Å². The summed E-state index contributed by atoms with van der Waals surface area (Å²) in [5, 5.41) is 9.88. The number of aliphatic carboxylic acids is 1. The smallest absolute Gasteiger partial charge is 0.323 e. The Bertz CT molecular complexity index is 1050. The summed E-state index contributed by atoms with van der Waals surface area (Å²) in [6, 6.07) is 14.1. The first-order valence-corrected chi connectivity index (χ1v) is 7.76. The Morgan fingerprint density at radius 2 is 1.56 bits per heavy atom. The van der Waals surface area contributed by atoms with Crippen LogP contribution in [0.1, 0.15) is 26.3 Å². The zero-order chi connectivity index (χ0) is 17.6. The standard InChI is InChI=1S/C20H13NO4/c22-18(23)11-21-10-12(13-5-3-4-8-17(13)21)9-16-19(24)14-6-1-2-7-15(14)20(16)25/h1-10H,11H2,(H,22,23). The van der Waals surface area contributed by atoms with Crippen LogP contribution in [0.4, 0.5) is 0 Å². The molecule has 4 rings (SSSR count). The SMILES string of the molecule is O=C(O)Cn1cc(C=C2C(=O)c3ccccc3C2=O)c2ccccc21. The second kappa shape index (κ2) is 5.56. The van der Waals surface area contributed by atoms with Gasteiger partial charge in [0.15, 0.2) is 11.6 Å². The van der Waals surface area contributed by atoms with E-state index < -0.39 is 5.97 Å². The van der Waals surface area contributed by atoms with Crippen LogP contribution in [0.15, 0.2) is 60.3 Å². The highest BCUT2D eigenvalue weighted by atomic mass is 16.4. The van der Waals surface area contributed by atoms with E-state index in [2.05, 4.69) is 0 Å². The predicted octanol–water partition coefficient (Wildman–Crippen LogP) is 3.19. The van der Waals surface area contributed by atoms with E-state index in [0.717, 1.165) is 10.9 Å². The van der Waals surface area contributed by atoms with E-state index in [9.17, 15) is 14.4 Å². The number of hydrogen-bond acceptors (Lipinski definition) is 3. The highest BCUT2D eigenvalue weighted by molar-refractivity contribution is 6.41. The fourth-order valence-corrected chi connectivity index (χ4v) is 3.23. The third-order valence-corrected chi connectivity index (χ3v) is 4.33. The topological polar surface area (TPSA) is 76.4 Å². The molecule has 1 heterocycles. The first-order valence-electron chi connectivity index (χ1n) is 7.76. The van der Waals surface area contributed by atoms with Gasteiger partial charge in [0.05, 0.1) is 5.57 Å². The van der Waals surface area contributed by atoms with Gasteiger partial charge >= 0.3 is 5.97 Å². The second-order valence-corrected chi connectivity index (χ2v) is 5.89.